The molecule has 1 heterocycles. The highest BCUT2D eigenvalue weighted by atomic mass is 79.9. The average Bonchev–Trinajstić information content (AvgIpc) is 3.08. The van der Waals surface area contributed by atoms with E-state index < -0.39 is 5.60 Å². The van der Waals surface area contributed by atoms with Crippen LogP contribution in [-0.4, -0.2) is 5.11 Å². The minimum Gasteiger partial charge on any atom is -0.456 e. The summed E-state index contributed by atoms with van der Waals surface area (Å²) in [5.41, 5.74) is 1.12. The van der Waals surface area contributed by atoms with Crippen molar-refractivity contribution in [1.82, 2.24) is 0 Å². The normalized spacial score (nSPS) is 13.6. The second-order valence-electron chi connectivity index (χ2n) is 6.45. The van der Waals surface area contributed by atoms with E-state index in [1.54, 1.807) is 12.1 Å². The van der Waals surface area contributed by atoms with Crippen molar-refractivity contribution in [3.8, 4) is 0 Å². The van der Waals surface area contributed by atoms with Gasteiger partial charge in [0.1, 0.15) is 11.3 Å². The summed E-state index contributed by atoms with van der Waals surface area (Å²) < 4.78 is 7.89. The predicted molar refractivity (Wildman–Crippen MR) is 116 cm³/mol. The molecule has 1 atom stereocenters. The number of rotatable bonds is 4. The van der Waals surface area contributed by atoms with Gasteiger partial charge in [-0.05, 0) is 57.4 Å². The summed E-state index contributed by atoms with van der Waals surface area (Å²) in [4.78, 5) is 0. The standard InChI is InChI=1S/C22H15Br2ClO2/c23-17-10-15-11-20(27-21(15)19(24)12-17)22(26,13-14-4-2-1-3-5-14)16-6-8-18(25)9-7-16/h1-12,26H,13H2. The van der Waals surface area contributed by atoms with E-state index >= 15 is 0 Å². The van der Waals surface area contributed by atoms with Crippen molar-refractivity contribution in [3.63, 3.8) is 0 Å². The summed E-state index contributed by atoms with van der Waals surface area (Å²) in [5, 5.41) is 13.3. The van der Waals surface area contributed by atoms with Crippen LogP contribution in [0.5, 0.6) is 0 Å². The molecule has 4 aromatic rings. The molecule has 0 spiro atoms. The van der Waals surface area contributed by atoms with Gasteiger partial charge in [-0.2, -0.15) is 0 Å². The predicted octanol–water partition coefficient (Wildman–Crippen LogP) is 7.09. The van der Waals surface area contributed by atoms with Gasteiger partial charge >= 0.3 is 0 Å². The number of fused-ring (bicyclic) bond motifs is 1. The Morgan fingerprint density at radius 2 is 1.63 bits per heavy atom. The van der Waals surface area contributed by atoms with Gasteiger partial charge in [0.2, 0.25) is 0 Å². The van der Waals surface area contributed by atoms with Crippen molar-refractivity contribution in [3.05, 3.63) is 104 Å². The zero-order chi connectivity index (χ0) is 19.0. The molecular formula is C22H15Br2ClO2. The Hall–Kier alpha value is -1.59. The topological polar surface area (TPSA) is 33.4 Å². The number of hydrogen-bond donors (Lipinski definition) is 1. The molecule has 0 aliphatic carbocycles. The van der Waals surface area contributed by atoms with Crippen LogP contribution in [0, 0.1) is 0 Å². The van der Waals surface area contributed by atoms with Gasteiger partial charge in [-0.25, -0.2) is 0 Å². The molecular weight excluding hydrogens is 492 g/mol. The van der Waals surface area contributed by atoms with Crippen molar-refractivity contribution in [1.29, 1.82) is 0 Å². The number of halogens is 3. The maximum atomic E-state index is 11.8. The fraction of sp³-hybridized carbons (Fsp3) is 0.0909. The minimum absolute atomic E-state index is 0.383. The third-order valence-corrected chi connectivity index (χ3v) is 5.87. The summed E-state index contributed by atoms with van der Waals surface area (Å²) in [6, 6.07) is 22.9. The molecule has 27 heavy (non-hydrogen) atoms. The van der Waals surface area contributed by atoms with Crippen molar-refractivity contribution in [2.24, 2.45) is 0 Å². The first-order chi connectivity index (χ1) is 13.0. The van der Waals surface area contributed by atoms with Crippen LogP contribution >= 0.6 is 43.5 Å². The highest BCUT2D eigenvalue weighted by Crippen LogP contribution is 2.39. The van der Waals surface area contributed by atoms with Gasteiger partial charge in [0.15, 0.2) is 5.60 Å². The fourth-order valence-corrected chi connectivity index (χ4v) is 4.69. The average molecular weight is 507 g/mol. The van der Waals surface area contributed by atoms with Crippen LogP contribution in [0.25, 0.3) is 11.0 Å². The molecule has 1 N–H and O–H groups in total. The Labute approximate surface area is 179 Å². The molecule has 0 aliphatic heterocycles. The van der Waals surface area contributed by atoms with Gasteiger partial charge in [0.05, 0.1) is 4.47 Å². The van der Waals surface area contributed by atoms with Crippen LogP contribution in [0.1, 0.15) is 16.9 Å². The van der Waals surface area contributed by atoms with Crippen LogP contribution < -0.4 is 0 Å². The Balaban J connectivity index is 1.89. The van der Waals surface area contributed by atoms with Crippen LogP contribution in [0.2, 0.25) is 5.02 Å². The van der Waals surface area contributed by atoms with E-state index in [1.807, 2.05) is 60.7 Å². The van der Waals surface area contributed by atoms with Gasteiger partial charge in [-0.1, -0.05) is 70.0 Å². The van der Waals surface area contributed by atoms with Gasteiger partial charge in [0, 0.05) is 21.3 Å². The smallest absolute Gasteiger partial charge is 0.151 e. The van der Waals surface area contributed by atoms with E-state index in [0.29, 0.717) is 22.8 Å². The van der Waals surface area contributed by atoms with E-state index in [4.69, 9.17) is 16.0 Å². The van der Waals surface area contributed by atoms with Gasteiger partial charge in [-0.15, -0.1) is 0 Å². The Morgan fingerprint density at radius 1 is 0.926 bits per heavy atom. The summed E-state index contributed by atoms with van der Waals surface area (Å²) in [6.45, 7) is 0. The molecule has 1 aromatic heterocycles. The zero-order valence-electron chi connectivity index (χ0n) is 14.1. The minimum atomic E-state index is -1.32. The van der Waals surface area contributed by atoms with E-state index in [9.17, 15) is 5.11 Å². The third kappa shape index (κ3) is 3.72. The molecule has 5 heteroatoms. The summed E-state index contributed by atoms with van der Waals surface area (Å²) in [6.07, 6.45) is 0.383. The number of aliphatic hydroxyl groups is 1. The van der Waals surface area contributed by atoms with Gasteiger partial charge in [-0.3, -0.25) is 0 Å². The summed E-state index contributed by atoms with van der Waals surface area (Å²) >= 11 is 13.1. The van der Waals surface area contributed by atoms with E-state index in [0.717, 1.165) is 25.5 Å². The van der Waals surface area contributed by atoms with E-state index in [1.165, 1.54) is 0 Å². The van der Waals surface area contributed by atoms with Crippen LogP contribution in [-0.2, 0) is 12.0 Å². The molecule has 0 saturated heterocycles. The van der Waals surface area contributed by atoms with Crippen molar-refractivity contribution in [2.45, 2.75) is 12.0 Å². The molecule has 0 fully saturated rings. The monoisotopic (exact) mass is 504 g/mol. The Bertz CT molecular complexity index is 1090. The Kier molecular flexibility index (Phi) is 5.17. The Morgan fingerprint density at radius 3 is 2.33 bits per heavy atom. The number of hydrogen-bond acceptors (Lipinski definition) is 2. The SMILES string of the molecule is OC(Cc1ccccc1)(c1ccc(Cl)cc1)c1cc2cc(Br)cc(Br)c2o1. The molecule has 2 nitrogen and oxygen atoms in total. The third-order valence-electron chi connectivity index (χ3n) is 4.57. The lowest BCUT2D eigenvalue weighted by Gasteiger charge is -2.27. The molecule has 0 aliphatic rings. The lowest BCUT2D eigenvalue weighted by atomic mass is 9.85. The summed E-state index contributed by atoms with van der Waals surface area (Å²) in [5.74, 6) is 0.488. The molecule has 0 bridgehead atoms. The molecule has 0 radical (unpaired) electrons. The maximum Gasteiger partial charge on any atom is 0.151 e. The number of benzene rings is 3. The van der Waals surface area contributed by atoms with Crippen LogP contribution in [0.4, 0.5) is 0 Å². The van der Waals surface area contributed by atoms with Gasteiger partial charge < -0.3 is 9.52 Å². The molecule has 3 aromatic carbocycles. The fourth-order valence-electron chi connectivity index (χ4n) is 3.23. The van der Waals surface area contributed by atoms with Gasteiger partial charge in [0.25, 0.3) is 0 Å². The van der Waals surface area contributed by atoms with Crippen LogP contribution in [0.15, 0.2) is 86.2 Å². The second-order valence-corrected chi connectivity index (χ2v) is 8.65. The molecule has 4 rings (SSSR count). The first kappa shape index (κ1) is 18.8. The molecule has 1 unspecified atom stereocenters. The van der Waals surface area contributed by atoms with E-state index in [-0.39, 0.29) is 0 Å². The zero-order valence-corrected chi connectivity index (χ0v) is 18.1. The summed E-state index contributed by atoms with van der Waals surface area (Å²) in [7, 11) is 0. The lowest BCUT2D eigenvalue weighted by Crippen LogP contribution is -2.29. The van der Waals surface area contributed by atoms with Crippen molar-refractivity contribution in [2.75, 3.05) is 0 Å². The molecule has 0 amide bonds. The second kappa shape index (κ2) is 7.44. The molecule has 0 saturated carbocycles. The number of furan rings is 1. The quantitative estimate of drug-likeness (QED) is 0.321. The first-order valence-electron chi connectivity index (χ1n) is 8.37. The largest absolute Gasteiger partial charge is 0.456 e. The highest BCUT2D eigenvalue weighted by Gasteiger charge is 2.36. The van der Waals surface area contributed by atoms with Crippen molar-refractivity contribution >= 4 is 54.4 Å². The highest BCUT2D eigenvalue weighted by molar-refractivity contribution is 9.11. The first-order valence-corrected chi connectivity index (χ1v) is 10.3. The molecule has 136 valence electrons. The maximum absolute atomic E-state index is 11.8. The van der Waals surface area contributed by atoms with Crippen LogP contribution in [0.3, 0.4) is 0 Å². The lowest BCUT2D eigenvalue weighted by molar-refractivity contribution is 0.0587. The van der Waals surface area contributed by atoms with E-state index in [2.05, 4.69) is 31.9 Å². The van der Waals surface area contributed by atoms with Crippen molar-refractivity contribution < 1.29 is 9.52 Å².